The van der Waals surface area contributed by atoms with E-state index >= 15 is 0 Å². The number of hydrogen-bond acceptors (Lipinski definition) is 6. The molecule has 0 bridgehead atoms. The quantitative estimate of drug-likeness (QED) is 0.0780. The summed E-state index contributed by atoms with van der Waals surface area (Å²) in [6.45, 7) is 11.9. The molecule has 50 heavy (non-hydrogen) atoms. The Balaban J connectivity index is 0.932. The zero-order chi connectivity index (χ0) is 35.0. The van der Waals surface area contributed by atoms with Crippen molar-refractivity contribution in [2.45, 2.75) is 82.9 Å². The topological polar surface area (TPSA) is 82.5 Å². The van der Waals surface area contributed by atoms with E-state index < -0.39 is 11.7 Å². The minimum atomic E-state index is -0.751. The molecule has 0 saturated carbocycles. The molecule has 0 spiro atoms. The second kappa shape index (κ2) is 16.5. The van der Waals surface area contributed by atoms with Crippen molar-refractivity contribution in [1.29, 1.82) is 0 Å². The Labute approximate surface area is 297 Å². The van der Waals surface area contributed by atoms with Crippen molar-refractivity contribution in [1.82, 2.24) is 0 Å². The van der Waals surface area contributed by atoms with E-state index in [0.717, 1.165) is 56.0 Å². The Kier molecular flexibility index (Phi) is 11.9. The van der Waals surface area contributed by atoms with E-state index in [4.69, 9.17) is 23.7 Å². The summed E-state index contributed by atoms with van der Waals surface area (Å²) in [4.78, 5) is 0. The van der Waals surface area contributed by atoms with E-state index in [0.29, 0.717) is 19.3 Å². The lowest BCUT2D eigenvalue weighted by atomic mass is 9.91. The molecule has 0 radical (unpaired) electrons. The van der Waals surface area contributed by atoms with Crippen molar-refractivity contribution in [3.63, 3.8) is 0 Å². The van der Waals surface area contributed by atoms with Gasteiger partial charge in [-0.1, -0.05) is 86.6 Å². The Hall–Kier alpha value is -3.72. The van der Waals surface area contributed by atoms with Gasteiger partial charge in [0.05, 0.1) is 24.4 Å². The van der Waals surface area contributed by atoms with Crippen LogP contribution >= 0.6 is 0 Å². The van der Waals surface area contributed by atoms with Gasteiger partial charge in [0, 0.05) is 0 Å². The number of aliphatic hydroxyl groups excluding tert-OH is 1. The highest BCUT2D eigenvalue weighted by Gasteiger charge is 2.35. The van der Waals surface area contributed by atoms with Crippen LogP contribution in [-0.4, -0.2) is 67.8 Å². The van der Waals surface area contributed by atoms with E-state index in [2.05, 4.69) is 105 Å². The van der Waals surface area contributed by atoms with Gasteiger partial charge in [0.15, 0.2) is 0 Å². The van der Waals surface area contributed by atoms with Gasteiger partial charge in [0.2, 0.25) is 12.7 Å². The molecule has 7 heteroatoms. The van der Waals surface area contributed by atoms with Gasteiger partial charge in [0.1, 0.15) is 43.5 Å². The van der Waals surface area contributed by atoms with Crippen LogP contribution in [-0.2, 0) is 38.3 Å². The number of ether oxygens (including phenoxy) is 6. The number of aliphatic hydroxyl groups is 3. The molecule has 2 fully saturated rings. The van der Waals surface area contributed by atoms with Crippen molar-refractivity contribution >= 4 is 0 Å². The van der Waals surface area contributed by atoms with Crippen LogP contribution in [0.1, 0.15) is 73.9 Å². The fourth-order valence-electron chi connectivity index (χ4n) is 5.94. The van der Waals surface area contributed by atoms with Gasteiger partial charge >= 0.3 is 0 Å². The van der Waals surface area contributed by atoms with Crippen molar-refractivity contribution in [2.75, 3.05) is 39.6 Å². The predicted octanol–water partition coefficient (Wildman–Crippen LogP) is 7.28. The second-order valence-electron chi connectivity index (χ2n) is 14.1. The average Bonchev–Trinajstić information content (AvgIpc) is 4.09. The average molecular weight is 682 g/mol. The molecule has 0 amide bonds. The molecule has 2 N–H and O–H groups in total. The summed E-state index contributed by atoms with van der Waals surface area (Å²) in [5, 5.41) is 10.7. The molecule has 7 nitrogen and oxygen atoms in total. The van der Waals surface area contributed by atoms with Crippen LogP contribution in [0.4, 0.5) is 0 Å². The maximum absolute atomic E-state index is 10.7. The largest absolute Gasteiger partial charge is 0.491 e. The lowest BCUT2D eigenvalue weighted by molar-refractivity contribution is -0.0836. The van der Waals surface area contributed by atoms with E-state index in [1.807, 2.05) is 24.3 Å². The second-order valence-corrected chi connectivity index (χ2v) is 14.1. The minimum Gasteiger partial charge on any atom is -0.491 e. The van der Waals surface area contributed by atoms with Gasteiger partial charge in [-0.2, -0.15) is 0 Å². The number of epoxide rings is 2. The van der Waals surface area contributed by atoms with Gasteiger partial charge in [-0.05, 0) is 97.2 Å². The SMILES string of the molecule is CCC(C)(OCC(O)COc1ccc(Cc2ccc(C(C)(CC)OCC3C[OH+]3)cc2)cc1)c1ccc(Cc2ccc(OCC3CO3)cc2)cc1. The first-order valence-corrected chi connectivity index (χ1v) is 18.1. The van der Waals surface area contributed by atoms with Crippen LogP contribution in [0, 0.1) is 0 Å². The first kappa shape index (κ1) is 36.1. The molecule has 4 aromatic carbocycles. The van der Waals surface area contributed by atoms with Gasteiger partial charge in [0.25, 0.3) is 0 Å². The van der Waals surface area contributed by atoms with E-state index in [1.54, 1.807) is 0 Å². The molecule has 2 saturated heterocycles. The van der Waals surface area contributed by atoms with Crippen molar-refractivity contribution < 1.29 is 33.5 Å². The number of rotatable bonds is 20. The molecule has 4 aromatic rings. The fourth-order valence-corrected chi connectivity index (χ4v) is 5.94. The zero-order valence-electron chi connectivity index (χ0n) is 30.0. The molecule has 0 aromatic heterocycles. The lowest BCUT2D eigenvalue weighted by Crippen LogP contribution is -2.32. The molecular weight excluding hydrogens is 628 g/mol. The Bertz CT molecular complexity index is 1610. The maximum Gasteiger partial charge on any atom is 0.248 e. The summed E-state index contributed by atoms with van der Waals surface area (Å²) in [5.41, 5.74) is 6.39. The lowest BCUT2D eigenvalue weighted by Gasteiger charge is -2.30. The summed E-state index contributed by atoms with van der Waals surface area (Å²) in [5.74, 6) is 1.60. The van der Waals surface area contributed by atoms with E-state index in [-0.39, 0.29) is 24.9 Å². The van der Waals surface area contributed by atoms with Gasteiger partial charge in [-0.25, -0.2) is 0 Å². The van der Waals surface area contributed by atoms with Crippen molar-refractivity contribution in [2.24, 2.45) is 0 Å². The van der Waals surface area contributed by atoms with Gasteiger partial charge < -0.3 is 33.5 Å². The highest BCUT2D eigenvalue weighted by Crippen LogP contribution is 2.32. The molecule has 2 aliphatic rings. The molecule has 5 unspecified atom stereocenters. The predicted molar refractivity (Wildman–Crippen MR) is 196 cm³/mol. The molecular formula is C43H53O7+. The standard InChI is InChI=1S/C43H52O7/c1-5-42(3,35-15-7-31(8-16-35)24-34-13-21-39(22-14-34)46-27-40-28-47-40)49-26-37(44)25-45-38-19-11-33(12-20-38)23-32-9-17-36(18-10-32)43(4,6-2)50-30-41-29-48-41/h7-22,37,40-41,44H,5-6,23-30H2,1-4H3/p+1. The third-order valence-corrected chi connectivity index (χ3v) is 10.1. The van der Waals surface area contributed by atoms with Crippen LogP contribution in [0.5, 0.6) is 11.5 Å². The summed E-state index contributed by atoms with van der Waals surface area (Å²) in [7, 11) is 0. The van der Waals surface area contributed by atoms with Crippen LogP contribution in [0.15, 0.2) is 97.1 Å². The highest BCUT2D eigenvalue weighted by molar-refractivity contribution is 5.35. The molecule has 2 heterocycles. The minimum absolute atomic E-state index is 0.158. The van der Waals surface area contributed by atoms with Crippen molar-refractivity contribution in [3.8, 4) is 11.5 Å². The van der Waals surface area contributed by atoms with Gasteiger partial charge in [-0.3, -0.25) is 0 Å². The Morgan fingerprint density at radius 3 is 1.54 bits per heavy atom. The van der Waals surface area contributed by atoms with Crippen LogP contribution in [0.3, 0.4) is 0 Å². The molecule has 266 valence electrons. The van der Waals surface area contributed by atoms with E-state index in [9.17, 15) is 5.11 Å². The monoisotopic (exact) mass is 681 g/mol. The van der Waals surface area contributed by atoms with Gasteiger partial charge in [-0.15, -0.1) is 0 Å². The first-order chi connectivity index (χ1) is 24.2. The fraction of sp³-hybridized carbons (Fsp3) is 0.442. The first-order valence-electron chi connectivity index (χ1n) is 18.1. The normalized spacial score (nSPS) is 19.6. The third kappa shape index (κ3) is 10.2. The number of hydrogen-bond donors (Lipinski definition) is 1. The zero-order valence-corrected chi connectivity index (χ0v) is 30.0. The molecule has 0 aliphatic carbocycles. The molecule has 5 atom stereocenters. The summed E-state index contributed by atoms with van der Waals surface area (Å²) >= 11 is 0. The Morgan fingerprint density at radius 1 is 0.660 bits per heavy atom. The third-order valence-electron chi connectivity index (χ3n) is 10.1. The maximum atomic E-state index is 10.7. The number of benzene rings is 4. The summed E-state index contributed by atoms with van der Waals surface area (Å²) in [6, 6.07) is 33.7. The smallest absolute Gasteiger partial charge is 0.248 e. The molecule has 2 aliphatic heterocycles. The van der Waals surface area contributed by atoms with Crippen LogP contribution in [0.2, 0.25) is 0 Å². The molecule has 6 rings (SSSR count). The van der Waals surface area contributed by atoms with Crippen LogP contribution in [0.25, 0.3) is 0 Å². The summed E-state index contributed by atoms with van der Waals surface area (Å²) in [6.07, 6.45) is 3.25. The van der Waals surface area contributed by atoms with E-state index in [1.165, 1.54) is 27.8 Å². The highest BCUT2D eigenvalue weighted by atomic mass is 16.6. The summed E-state index contributed by atoms with van der Waals surface area (Å²) < 4.78 is 33.8. The van der Waals surface area contributed by atoms with Crippen molar-refractivity contribution in [3.05, 3.63) is 130 Å². The van der Waals surface area contributed by atoms with Crippen LogP contribution < -0.4 is 9.47 Å². The Morgan fingerprint density at radius 2 is 1.10 bits per heavy atom.